The van der Waals surface area contributed by atoms with Crippen LogP contribution >= 0.6 is 27.5 Å². The van der Waals surface area contributed by atoms with Gasteiger partial charge in [-0.25, -0.2) is 4.39 Å². The van der Waals surface area contributed by atoms with Gasteiger partial charge in [-0.2, -0.15) is 0 Å². The lowest BCUT2D eigenvalue weighted by Gasteiger charge is -2.38. The Balaban J connectivity index is 2.59. The first-order chi connectivity index (χ1) is 8.35. The summed E-state index contributed by atoms with van der Waals surface area (Å²) in [4.78, 5) is 0. The van der Waals surface area contributed by atoms with Crippen LogP contribution in [0.4, 0.5) is 4.39 Å². The van der Waals surface area contributed by atoms with E-state index in [-0.39, 0.29) is 16.7 Å². The van der Waals surface area contributed by atoms with Gasteiger partial charge in [0.05, 0.1) is 9.50 Å². The van der Waals surface area contributed by atoms with Crippen molar-refractivity contribution in [1.29, 1.82) is 0 Å². The average molecular weight is 337 g/mol. The molecule has 0 fully saturated rings. The molecule has 0 saturated heterocycles. The summed E-state index contributed by atoms with van der Waals surface area (Å²) < 4.78 is 20.8. The number of fused-ring (bicyclic) bond motifs is 1. The topological polar surface area (TPSA) is 21.3 Å². The Morgan fingerprint density at radius 2 is 2.28 bits per heavy atom. The first-order valence-corrected chi connectivity index (χ1v) is 7.12. The van der Waals surface area contributed by atoms with Gasteiger partial charge in [0.25, 0.3) is 0 Å². The second-order valence-corrected chi connectivity index (χ2v) is 6.33. The zero-order chi connectivity index (χ0) is 13.5. The molecule has 1 unspecified atom stereocenters. The molecule has 5 heteroatoms. The van der Waals surface area contributed by atoms with Gasteiger partial charge in [0.2, 0.25) is 0 Å². The summed E-state index contributed by atoms with van der Waals surface area (Å²) in [6, 6.07) is 1.46. The van der Waals surface area contributed by atoms with E-state index in [0.29, 0.717) is 22.2 Å². The fourth-order valence-corrected chi connectivity index (χ4v) is 3.21. The fraction of sp³-hybridized carbons (Fsp3) is 0.538. The van der Waals surface area contributed by atoms with Gasteiger partial charge in [0, 0.05) is 18.0 Å². The highest BCUT2D eigenvalue weighted by molar-refractivity contribution is 9.10. The summed E-state index contributed by atoms with van der Waals surface area (Å²) in [5.41, 5.74) is 0.193. The van der Waals surface area contributed by atoms with E-state index in [2.05, 4.69) is 21.2 Å². The largest absolute Gasteiger partial charge is 0.486 e. The van der Waals surface area contributed by atoms with Gasteiger partial charge in [-0.05, 0) is 42.4 Å². The van der Waals surface area contributed by atoms with E-state index in [1.165, 1.54) is 0 Å². The van der Waals surface area contributed by atoms with Crippen molar-refractivity contribution in [3.63, 3.8) is 0 Å². The molecule has 0 amide bonds. The Labute approximate surface area is 120 Å². The fourth-order valence-electron chi connectivity index (χ4n) is 2.34. The summed E-state index contributed by atoms with van der Waals surface area (Å²) in [5, 5.41) is 3.41. The summed E-state index contributed by atoms with van der Waals surface area (Å²) in [6.45, 7) is 6.77. The lowest BCUT2D eigenvalue weighted by molar-refractivity contribution is 0.0636. The predicted octanol–water partition coefficient (Wildman–Crippen LogP) is 4.45. The number of benzene rings is 1. The second kappa shape index (κ2) is 4.99. The van der Waals surface area contributed by atoms with Gasteiger partial charge in [0.15, 0.2) is 0 Å². The molecule has 1 heterocycles. The Bertz CT molecular complexity index is 479. The van der Waals surface area contributed by atoms with E-state index < -0.39 is 5.82 Å². The van der Waals surface area contributed by atoms with Gasteiger partial charge >= 0.3 is 0 Å². The Hall–Kier alpha value is -0.320. The Morgan fingerprint density at radius 3 is 2.89 bits per heavy atom. The zero-order valence-corrected chi connectivity index (χ0v) is 13.0. The van der Waals surface area contributed by atoms with Crippen molar-refractivity contribution in [2.45, 2.75) is 38.8 Å². The van der Waals surface area contributed by atoms with Crippen molar-refractivity contribution >= 4 is 27.5 Å². The molecule has 1 aromatic rings. The summed E-state index contributed by atoms with van der Waals surface area (Å²) >= 11 is 9.29. The van der Waals surface area contributed by atoms with Crippen LogP contribution in [0.2, 0.25) is 5.02 Å². The van der Waals surface area contributed by atoms with Gasteiger partial charge in [-0.15, -0.1) is 0 Å². The molecule has 2 nitrogen and oxygen atoms in total. The summed E-state index contributed by atoms with van der Waals surface area (Å²) in [5.74, 6) is 0.162. The molecule has 1 aliphatic heterocycles. The molecule has 0 aromatic heterocycles. The van der Waals surface area contributed by atoms with Crippen LogP contribution in [-0.2, 0) is 0 Å². The Kier molecular flexibility index (Phi) is 3.90. The molecule has 0 radical (unpaired) electrons. The third-order valence-electron chi connectivity index (χ3n) is 3.03. The van der Waals surface area contributed by atoms with Gasteiger partial charge in [-0.3, -0.25) is 0 Å². The van der Waals surface area contributed by atoms with E-state index in [9.17, 15) is 4.39 Å². The van der Waals surface area contributed by atoms with E-state index in [1.54, 1.807) is 6.07 Å². The minimum atomic E-state index is -0.392. The molecule has 1 aromatic carbocycles. The van der Waals surface area contributed by atoms with Crippen LogP contribution in [-0.4, -0.2) is 12.1 Å². The Morgan fingerprint density at radius 1 is 1.61 bits per heavy atom. The van der Waals surface area contributed by atoms with Crippen molar-refractivity contribution in [3.05, 3.63) is 26.9 Å². The van der Waals surface area contributed by atoms with E-state index in [1.807, 2.05) is 20.8 Å². The summed E-state index contributed by atoms with van der Waals surface area (Å²) in [7, 11) is 0. The van der Waals surface area contributed by atoms with Crippen LogP contribution in [0.15, 0.2) is 10.5 Å². The van der Waals surface area contributed by atoms with Crippen LogP contribution in [0.3, 0.4) is 0 Å². The highest BCUT2D eigenvalue weighted by atomic mass is 79.9. The molecule has 2 rings (SSSR count). The van der Waals surface area contributed by atoms with Crippen LogP contribution < -0.4 is 10.1 Å². The maximum atomic E-state index is 14.2. The van der Waals surface area contributed by atoms with Crippen LogP contribution in [0.5, 0.6) is 5.75 Å². The second-order valence-electron chi connectivity index (χ2n) is 5.07. The number of ether oxygens (including phenoxy) is 1. The smallest absolute Gasteiger partial charge is 0.150 e. The number of rotatable bonds is 2. The number of hydrogen-bond donors (Lipinski definition) is 1. The molecule has 100 valence electrons. The monoisotopic (exact) mass is 335 g/mol. The number of halogens is 3. The molecule has 0 aliphatic carbocycles. The number of hydrogen-bond acceptors (Lipinski definition) is 2. The molecule has 0 saturated carbocycles. The van der Waals surface area contributed by atoms with Crippen molar-refractivity contribution < 1.29 is 9.13 Å². The minimum Gasteiger partial charge on any atom is -0.486 e. The first kappa shape index (κ1) is 14.1. The third kappa shape index (κ3) is 2.51. The zero-order valence-electron chi connectivity index (χ0n) is 10.6. The van der Waals surface area contributed by atoms with E-state index in [4.69, 9.17) is 16.3 Å². The van der Waals surface area contributed by atoms with Crippen molar-refractivity contribution in [3.8, 4) is 5.75 Å². The van der Waals surface area contributed by atoms with Crippen LogP contribution in [0, 0.1) is 5.82 Å². The standard InChI is InChI=1S/C13H16BrClFNO/c1-4-17-9-6-13(2,3)18-12-7(14)5-8(15)11(16)10(9)12/h5,9,17H,4,6H2,1-3H3. The number of nitrogens with one attached hydrogen (secondary N) is 1. The van der Waals surface area contributed by atoms with Gasteiger partial charge in [-0.1, -0.05) is 18.5 Å². The molecule has 0 bridgehead atoms. The van der Waals surface area contributed by atoms with Crippen LogP contribution in [0.1, 0.15) is 38.8 Å². The van der Waals surface area contributed by atoms with Crippen molar-refractivity contribution in [2.75, 3.05) is 6.54 Å². The van der Waals surface area contributed by atoms with E-state index in [0.717, 1.165) is 6.54 Å². The minimum absolute atomic E-state index is 0.0799. The molecular formula is C13H16BrClFNO. The third-order valence-corrected chi connectivity index (χ3v) is 3.90. The van der Waals surface area contributed by atoms with Gasteiger partial charge in [0.1, 0.15) is 17.2 Å². The van der Waals surface area contributed by atoms with Crippen LogP contribution in [0.25, 0.3) is 0 Å². The van der Waals surface area contributed by atoms with Gasteiger partial charge < -0.3 is 10.1 Å². The SMILES string of the molecule is CCNC1CC(C)(C)Oc2c(Br)cc(Cl)c(F)c21. The molecule has 1 aliphatic rings. The molecule has 1 N–H and O–H groups in total. The maximum absolute atomic E-state index is 14.2. The lowest BCUT2D eigenvalue weighted by Crippen LogP contribution is -2.40. The molecule has 0 spiro atoms. The quantitative estimate of drug-likeness (QED) is 0.806. The maximum Gasteiger partial charge on any atom is 0.150 e. The molecule has 1 atom stereocenters. The van der Waals surface area contributed by atoms with Crippen molar-refractivity contribution in [2.24, 2.45) is 0 Å². The predicted molar refractivity (Wildman–Crippen MR) is 74.9 cm³/mol. The highest BCUT2D eigenvalue weighted by Gasteiger charge is 2.37. The first-order valence-electron chi connectivity index (χ1n) is 5.95. The van der Waals surface area contributed by atoms with Crippen molar-refractivity contribution in [1.82, 2.24) is 5.32 Å². The summed E-state index contributed by atoms with van der Waals surface area (Å²) in [6.07, 6.45) is 0.706. The highest BCUT2D eigenvalue weighted by Crippen LogP contribution is 2.46. The average Bonchev–Trinajstić information content (AvgIpc) is 2.25. The normalized spacial score (nSPS) is 21.3. The van der Waals surface area contributed by atoms with E-state index >= 15 is 0 Å². The molecular weight excluding hydrogens is 321 g/mol. The molecule has 18 heavy (non-hydrogen) atoms. The lowest BCUT2D eigenvalue weighted by atomic mass is 9.89.